The fourth-order valence-electron chi connectivity index (χ4n) is 3.20. The lowest BCUT2D eigenvalue weighted by Crippen LogP contribution is -2.54. The molecule has 1 fully saturated rings. The Bertz CT molecular complexity index is 470. The molecule has 4 nitrogen and oxygen atoms in total. The van der Waals surface area contributed by atoms with Crippen LogP contribution in [0.1, 0.15) is 31.7 Å². The van der Waals surface area contributed by atoms with Crippen molar-refractivity contribution in [2.45, 2.75) is 31.1 Å². The Morgan fingerprint density at radius 1 is 1.36 bits per heavy atom. The number of carbonyl (C=O) groups excluding carboxylic acids is 1. The molecule has 2 unspecified atom stereocenters. The van der Waals surface area contributed by atoms with Crippen molar-refractivity contribution in [3.05, 3.63) is 35.9 Å². The second kappa shape index (κ2) is 7.99. The molecule has 0 aromatic heterocycles. The molecular formula is C17H27N3OS. The van der Waals surface area contributed by atoms with Crippen molar-refractivity contribution < 1.29 is 4.79 Å². The Balaban J connectivity index is 2.27. The molecule has 1 aromatic rings. The molecule has 1 saturated heterocycles. The Morgan fingerprint density at radius 2 is 2.05 bits per heavy atom. The van der Waals surface area contributed by atoms with E-state index >= 15 is 0 Å². The molecule has 0 saturated carbocycles. The van der Waals surface area contributed by atoms with Crippen LogP contribution in [0.5, 0.6) is 0 Å². The van der Waals surface area contributed by atoms with Gasteiger partial charge in [-0.1, -0.05) is 44.2 Å². The normalized spacial score (nSPS) is 22.9. The summed E-state index contributed by atoms with van der Waals surface area (Å²) in [6.45, 7) is 8.22. The summed E-state index contributed by atoms with van der Waals surface area (Å²) in [6.07, 6.45) is 0.925. The van der Waals surface area contributed by atoms with Crippen LogP contribution in [0.3, 0.4) is 0 Å². The van der Waals surface area contributed by atoms with Crippen molar-refractivity contribution >= 4 is 17.7 Å². The van der Waals surface area contributed by atoms with Gasteiger partial charge >= 0.3 is 0 Å². The van der Waals surface area contributed by atoms with E-state index in [0.29, 0.717) is 0 Å². The van der Waals surface area contributed by atoms with Crippen LogP contribution in [-0.4, -0.2) is 47.6 Å². The predicted octanol–water partition coefficient (Wildman–Crippen LogP) is 2.02. The first-order chi connectivity index (χ1) is 10.6. The number of hydrogen-bond acceptors (Lipinski definition) is 4. The minimum atomic E-state index is -0.672. The summed E-state index contributed by atoms with van der Waals surface area (Å²) in [4.78, 5) is 14.0. The molecule has 0 bridgehead atoms. The van der Waals surface area contributed by atoms with Gasteiger partial charge in [0.05, 0.1) is 0 Å². The zero-order valence-corrected chi connectivity index (χ0v) is 14.4. The second-order valence-corrected chi connectivity index (χ2v) is 6.99. The standard InChI is InChI=1S/C17H27N3OS/c1-3-20(4-2)12-10-15(14-8-6-5-7-9-14)17(16(18)21)19-11-13-22-17/h5-9,15,19H,3-4,10-13H2,1-2H3,(H2,18,21). The molecule has 22 heavy (non-hydrogen) atoms. The molecule has 0 radical (unpaired) electrons. The van der Waals surface area contributed by atoms with Crippen molar-refractivity contribution in [2.24, 2.45) is 5.73 Å². The molecule has 1 amide bonds. The highest BCUT2D eigenvalue weighted by atomic mass is 32.2. The maximum atomic E-state index is 12.2. The highest BCUT2D eigenvalue weighted by Gasteiger charge is 2.47. The molecule has 1 heterocycles. The van der Waals surface area contributed by atoms with Gasteiger partial charge in [0, 0.05) is 18.2 Å². The molecule has 3 N–H and O–H groups in total. The van der Waals surface area contributed by atoms with E-state index in [9.17, 15) is 4.79 Å². The molecule has 0 spiro atoms. The molecule has 122 valence electrons. The Labute approximate surface area is 137 Å². The average Bonchev–Trinajstić information content (AvgIpc) is 3.03. The first-order valence-corrected chi connectivity index (χ1v) is 9.08. The lowest BCUT2D eigenvalue weighted by atomic mass is 9.87. The summed E-state index contributed by atoms with van der Waals surface area (Å²) in [7, 11) is 0. The van der Waals surface area contributed by atoms with Gasteiger partial charge in [-0.15, -0.1) is 11.8 Å². The zero-order chi connectivity index (χ0) is 16.0. The average molecular weight is 321 g/mol. The van der Waals surface area contributed by atoms with Crippen molar-refractivity contribution in [2.75, 3.05) is 31.9 Å². The van der Waals surface area contributed by atoms with Crippen LogP contribution in [0.15, 0.2) is 30.3 Å². The third-order valence-electron chi connectivity index (χ3n) is 4.51. The topological polar surface area (TPSA) is 58.4 Å². The van der Waals surface area contributed by atoms with Crippen LogP contribution in [-0.2, 0) is 4.79 Å². The van der Waals surface area contributed by atoms with E-state index in [2.05, 4.69) is 36.2 Å². The van der Waals surface area contributed by atoms with E-state index in [0.717, 1.165) is 38.4 Å². The minimum Gasteiger partial charge on any atom is -0.367 e. The first-order valence-electron chi connectivity index (χ1n) is 8.10. The lowest BCUT2D eigenvalue weighted by molar-refractivity contribution is -0.121. The van der Waals surface area contributed by atoms with Gasteiger partial charge in [-0.05, 0) is 31.6 Å². The molecule has 1 aliphatic rings. The highest BCUT2D eigenvalue weighted by Crippen LogP contribution is 2.42. The SMILES string of the molecule is CCN(CC)CCC(c1ccccc1)C1(C(N)=O)NCCS1. The van der Waals surface area contributed by atoms with Crippen LogP contribution < -0.4 is 11.1 Å². The highest BCUT2D eigenvalue weighted by molar-refractivity contribution is 8.01. The smallest absolute Gasteiger partial charge is 0.248 e. The number of carbonyl (C=O) groups is 1. The third-order valence-corrected chi connectivity index (χ3v) is 6.00. The summed E-state index contributed by atoms with van der Waals surface area (Å²) in [5.74, 6) is 0.778. The molecule has 1 aliphatic heterocycles. The Kier molecular flexibility index (Phi) is 6.29. The fourth-order valence-corrected chi connectivity index (χ4v) is 4.52. The van der Waals surface area contributed by atoms with Gasteiger partial charge in [0.1, 0.15) is 0 Å². The number of nitrogens with two attached hydrogens (primary N) is 1. The van der Waals surface area contributed by atoms with Crippen LogP contribution in [0.2, 0.25) is 0 Å². The van der Waals surface area contributed by atoms with Crippen molar-refractivity contribution in [1.82, 2.24) is 10.2 Å². The Morgan fingerprint density at radius 3 is 2.55 bits per heavy atom. The van der Waals surface area contributed by atoms with Crippen molar-refractivity contribution in [3.63, 3.8) is 0 Å². The van der Waals surface area contributed by atoms with Gasteiger partial charge < -0.3 is 10.6 Å². The number of thioether (sulfide) groups is 1. The minimum absolute atomic E-state index is 0.0966. The number of nitrogens with zero attached hydrogens (tertiary/aromatic N) is 1. The fraction of sp³-hybridized carbons (Fsp3) is 0.588. The monoisotopic (exact) mass is 321 g/mol. The van der Waals surface area contributed by atoms with E-state index in [1.165, 1.54) is 5.56 Å². The van der Waals surface area contributed by atoms with Crippen LogP contribution in [0.4, 0.5) is 0 Å². The number of rotatable bonds is 8. The van der Waals surface area contributed by atoms with Crippen LogP contribution in [0, 0.1) is 0 Å². The van der Waals surface area contributed by atoms with Gasteiger partial charge in [0.25, 0.3) is 0 Å². The van der Waals surface area contributed by atoms with Gasteiger partial charge in [0.2, 0.25) is 5.91 Å². The summed E-state index contributed by atoms with van der Waals surface area (Å²) in [5, 5.41) is 3.40. The molecule has 2 atom stereocenters. The van der Waals surface area contributed by atoms with Crippen molar-refractivity contribution in [1.29, 1.82) is 0 Å². The molecule has 5 heteroatoms. The number of benzene rings is 1. The zero-order valence-electron chi connectivity index (χ0n) is 13.5. The summed E-state index contributed by atoms with van der Waals surface area (Å²) in [5.41, 5.74) is 7.00. The summed E-state index contributed by atoms with van der Waals surface area (Å²) in [6, 6.07) is 10.3. The maximum Gasteiger partial charge on any atom is 0.248 e. The molecule has 0 aliphatic carbocycles. The largest absolute Gasteiger partial charge is 0.367 e. The quantitative estimate of drug-likeness (QED) is 0.769. The van der Waals surface area contributed by atoms with E-state index in [-0.39, 0.29) is 11.8 Å². The number of primary amides is 1. The summed E-state index contributed by atoms with van der Waals surface area (Å²) >= 11 is 1.66. The second-order valence-electron chi connectivity index (χ2n) is 5.65. The first kappa shape index (κ1) is 17.3. The van der Waals surface area contributed by atoms with E-state index in [4.69, 9.17) is 5.73 Å². The predicted molar refractivity (Wildman–Crippen MR) is 94.0 cm³/mol. The van der Waals surface area contributed by atoms with Crippen LogP contribution >= 0.6 is 11.8 Å². The van der Waals surface area contributed by atoms with E-state index < -0.39 is 4.87 Å². The number of amides is 1. The maximum absolute atomic E-state index is 12.2. The molecular weight excluding hydrogens is 294 g/mol. The third kappa shape index (κ3) is 3.65. The van der Waals surface area contributed by atoms with Crippen molar-refractivity contribution in [3.8, 4) is 0 Å². The van der Waals surface area contributed by atoms with Gasteiger partial charge in [0.15, 0.2) is 4.87 Å². The lowest BCUT2D eigenvalue weighted by Gasteiger charge is -2.35. The molecule has 2 rings (SSSR count). The van der Waals surface area contributed by atoms with E-state index in [1.54, 1.807) is 11.8 Å². The molecule has 1 aromatic carbocycles. The summed E-state index contributed by atoms with van der Waals surface area (Å²) < 4.78 is 0. The van der Waals surface area contributed by atoms with Gasteiger partial charge in [-0.3, -0.25) is 10.1 Å². The number of nitrogens with one attached hydrogen (secondary N) is 1. The number of hydrogen-bond donors (Lipinski definition) is 2. The van der Waals surface area contributed by atoms with Gasteiger partial charge in [-0.25, -0.2) is 0 Å². The Hall–Kier alpha value is -1.04. The van der Waals surface area contributed by atoms with Crippen LogP contribution in [0.25, 0.3) is 0 Å². The van der Waals surface area contributed by atoms with E-state index in [1.807, 2.05) is 18.2 Å². The van der Waals surface area contributed by atoms with Gasteiger partial charge in [-0.2, -0.15) is 0 Å².